The zero-order valence-corrected chi connectivity index (χ0v) is 14.7. The fraction of sp³-hybridized carbons (Fsp3) is 0.533. The second kappa shape index (κ2) is 6.98. The molecule has 23 heavy (non-hydrogen) atoms. The molecule has 0 saturated heterocycles. The number of halogens is 5. The maximum absolute atomic E-state index is 13.9. The highest BCUT2D eigenvalue weighted by molar-refractivity contribution is 6.78. The molecule has 0 atom stereocenters. The summed E-state index contributed by atoms with van der Waals surface area (Å²) in [6.07, 6.45) is 0. The summed E-state index contributed by atoms with van der Waals surface area (Å²) in [4.78, 5) is 12.3. The van der Waals surface area contributed by atoms with Crippen LogP contribution in [0, 0.1) is 29.1 Å². The topological polar surface area (TPSA) is 20.3 Å². The van der Waals surface area contributed by atoms with Crippen LogP contribution in [0.25, 0.3) is 0 Å². The lowest BCUT2D eigenvalue weighted by Gasteiger charge is -2.31. The first-order chi connectivity index (χ1) is 10.4. The molecule has 2 nitrogen and oxygen atoms in total. The van der Waals surface area contributed by atoms with E-state index in [0.29, 0.717) is 16.5 Å². The molecule has 0 bridgehead atoms. The standard InChI is InChI=1S/C15H20F5NOSi/c1-8(2)23(4,5)7-6-21(9(3)22)15-13(19)11(17)10(16)12(18)14(15)20/h8H,6-7H2,1-5H3. The van der Waals surface area contributed by atoms with E-state index in [1.165, 1.54) is 0 Å². The smallest absolute Gasteiger partial charge is 0.224 e. The molecule has 0 aromatic heterocycles. The number of carbonyl (C=O) groups excluding carboxylic acids is 1. The second-order valence-corrected chi connectivity index (χ2v) is 12.1. The van der Waals surface area contributed by atoms with E-state index in [-0.39, 0.29) is 6.54 Å². The molecule has 0 unspecified atom stereocenters. The lowest BCUT2D eigenvalue weighted by atomic mass is 10.2. The van der Waals surface area contributed by atoms with E-state index >= 15 is 0 Å². The molecule has 1 rings (SSSR count). The van der Waals surface area contributed by atoms with Crippen molar-refractivity contribution in [3.8, 4) is 0 Å². The summed E-state index contributed by atoms with van der Waals surface area (Å²) in [5.41, 5.74) is -0.838. The summed E-state index contributed by atoms with van der Waals surface area (Å²) in [5.74, 6) is -11.1. The molecular weight excluding hydrogens is 333 g/mol. The van der Waals surface area contributed by atoms with Crippen molar-refractivity contribution < 1.29 is 26.7 Å². The minimum Gasteiger partial charge on any atom is -0.308 e. The van der Waals surface area contributed by atoms with Gasteiger partial charge >= 0.3 is 0 Å². The van der Waals surface area contributed by atoms with Gasteiger partial charge in [-0.3, -0.25) is 4.79 Å². The SMILES string of the molecule is CC(=O)N(CC[Si](C)(C)C(C)C)c1c(F)c(F)c(F)c(F)c1F. The van der Waals surface area contributed by atoms with Crippen LogP contribution in [0.5, 0.6) is 0 Å². The van der Waals surface area contributed by atoms with Crippen molar-refractivity contribution in [1.29, 1.82) is 0 Å². The third-order valence-corrected chi connectivity index (χ3v) is 9.02. The summed E-state index contributed by atoms with van der Waals surface area (Å²) in [5, 5.41) is 0. The van der Waals surface area contributed by atoms with Gasteiger partial charge in [0.2, 0.25) is 11.7 Å². The van der Waals surface area contributed by atoms with Gasteiger partial charge < -0.3 is 4.90 Å². The van der Waals surface area contributed by atoms with Gasteiger partial charge in [0, 0.05) is 13.5 Å². The number of amides is 1. The van der Waals surface area contributed by atoms with Crippen molar-refractivity contribution in [3.05, 3.63) is 29.1 Å². The Hall–Kier alpha value is -1.44. The number of rotatable bonds is 5. The molecule has 0 aliphatic carbocycles. The predicted octanol–water partition coefficient (Wildman–Crippen LogP) is 4.85. The normalized spacial score (nSPS) is 12.0. The molecule has 1 amide bonds. The summed E-state index contributed by atoms with van der Waals surface area (Å²) < 4.78 is 67.6. The number of carbonyl (C=O) groups is 1. The summed E-state index contributed by atoms with van der Waals surface area (Å²) in [6.45, 7) is 9.02. The Morgan fingerprint density at radius 3 is 1.70 bits per heavy atom. The fourth-order valence-electron chi connectivity index (χ4n) is 1.95. The fourth-order valence-corrected chi connectivity index (χ4v) is 3.32. The van der Waals surface area contributed by atoms with E-state index in [1.54, 1.807) is 0 Å². The lowest BCUT2D eigenvalue weighted by Crippen LogP contribution is -2.39. The Morgan fingerprint density at radius 2 is 1.35 bits per heavy atom. The van der Waals surface area contributed by atoms with Gasteiger partial charge in [0.1, 0.15) is 5.69 Å². The Labute approximate surface area is 133 Å². The highest BCUT2D eigenvalue weighted by atomic mass is 28.3. The van der Waals surface area contributed by atoms with Crippen molar-refractivity contribution in [2.75, 3.05) is 11.4 Å². The minimum absolute atomic E-state index is 0.0922. The number of anilines is 1. The van der Waals surface area contributed by atoms with E-state index in [0.717, 1.165) is 6.92 Å². The summed E-state index contributed by atoms with van der Waals surface area (Å²) in [6, 6.07) is 0.476. The summed E-state index contributed by atoms with van der Waals surface area (Å²) in [7, 11) is -1.80. The van der Waals surface area contributed by atoms with Crippen LogP contribution in [0.15, 0.2) is 0 Å². The third-order valence-electron chi connectivity index (χ3n) is 4.38. The molecule has 0 aliphatic heterocycles. The Kier molecular flexibility index (Phi) is 5.95. The number of nitrogens with zero attached hydrogens (tertiary/aromatic N) is 1. The first kappa shape index (κ1) is 19.6. The molecular formula is C15H20F5NOSi. The van der Waals surface area contributed by atoms with Crippen molar-refractivity contribution in [1.82, 2.24) is 0 Å². The molecule has 8 heteroatoms. The van der Waals surface area contributed by atoms with Gasteiger partial charge in [0.25, 0.3) is 0 Å². The average Bonchev–Trinajstić information content (AvgIpc) is 2.45. The maximum Gasteiger partial charge on any atom is 0.224 e. The molecule has 1 aromatic rings. The maximum atomic E-state index is 13.9. The van der Waals surface area contributed by atoms with E-state index in [2.05, 4.69) is 0 Å². The lowest BCUT2D eigenvalue weighted by molar-refractivity contribution is -0.116. The Bertz CT molecular complexity index is 589. The first-order valence-electron chi connectivity index (χ1n) is 7.21. The third kappa shape index (κ3) is 3.91. The quantitative estimate of drug-likeness (QED) is 0.321. The second-order valence-electron chi connectivity index (χ2n) is 6.48. The summed E-state index contributed by atoms with van der Waals surface area (Å²) >= 11 is 0. The minimum atomic E-state index is -2.23. The monoisotopic (exact) mass is 353 g/mol. The van der Waals surface area contributed by atoms with E-state index in [9.17, 15) is 26.7 Å². The van der Waals surface area contributed by atoms with E-state index in [1.807, 2.05) is 26.9 Å². The van der Waals surface area contributed by atoms with Crippen LogP contribution in [-0.2, 0) is 4.79 Å². The van der Waals surface area contributed by atoms with Gasteiger partial charge in [0.15, 0.2) is 23.3 Å². The molecule has 0 spiro atoms. The van der Waals surface area contributed by atoms with Crippen LogP contribution < -0.4 is 4.90 Å². The largest absolute Gasteiger partial charge is 0.308 e. The van der Waals surface area contributed by atoms with Crippen LogP contribution in [-0.4, -0.2) is 20.5 Å². The average molecular weight is 353 g/mol. The zero-order valence-electron chi connectivity index (χ0n) is 13.7. The van der Waals surface area contributed by atoms with Crippen LogP contribution >= 0.6 is 0 Å². The molecule has 0 radical (unpaired) electrons. The molecule has 0 fully saturated rings. The van der Waals surface area contributed by atoms with Gasteiger partial charge in [-0.05, 0) is 6.04 Å². The Morgan fingerprint density at radius 1 is 0.957 bits per heavy atom. The van der Waals surface area contributed by atoms with Gasteiger partial charge in [-0.2, -0.15) is 0 Å². The van der Waals surface area contributed by atoms with Gasteiger partial charge in [0.05, 0.1) is 8.07 Å². The van der Waals surface area contributed by atoms with Crippen molar-refractivity contribution in [2.24, 2.45) is 0 Å². The molecule has 0 heterocycles. The first-order valence-corrected chi connectivity index (χ1v) is 10.5. The van der Waals surface area contributed by atoms with Gasteiger partial charge in [-0.15, -0.1) is 0 Å². The molecule has 0 N–H and O–H groups in total. The number of hydrogen-bond donors (Lipinski definition) is 0. The highest BCUT2D eigenvalue weighted by Gasteiger charge is 2.32. The predicted molar refractivity (Wildman–Crippen MR) is 81.6 cm³/mol. The van der Waals surface area contributed by atoms with Crippen molar-refractivity contribution >= 4 is 19.7 Å². The van der Waals surface area contributed by atoms with Crippen LogP contribution in [0.4, 0.5) is 27.6 Å². The van der Waals surface area contributed by atoms with Crippen molar-refractivity contribution in [2.45, 2.75) is 45.5 Å². The molecule has 130 valence electrons. The van der Waals surface area contributed by atoms with Crippen LogP contribution in [0.2, 0.25) is 24.7 Å². The number of hydrogen-bond acceptors (Lipinski definition) is 1. The molecule has 0 saturated carbocycles. The van der Waals surface area contributed by atoms with Crippen LogP contribution in [0.1, 0.15) is 20.8 Å². The number of benzene rings is 1. The van der Waals surface area contributed by atoms with E-state index in [4.69, 9.17) is 0 Å². The Balaban J connectivity index is 3.31. The van der Waals surface area contributed by atoms with Gasteiger partial charge in [-0.1, -0.05) is 32.5 Å². The zero-order chi connectivity index (χ0) is 18.1. The van der Waals surface area contributed by atoms with Gasteiger partial charge in [-0.25, -0.2) is 22.0 Å². The highest BCUT2D eigenvalue weighted by Crippen LogP contribution is 2.32. The molecule has 0 aliphatic rings. The van der Waals surface area contributed by atoms with E-state index < -0.39 is 48.8 Å². The van der Waals surface area contributed by atoms with Crippen molar-refractivity contribution in [3.63, 3.8) is 0 Å². The van der Waals surface area contributed by atoms with Crippen LogP contribution in [0.3, 0.4) is 0 Å². The molecule has 1 aromatic carbocycles.